The van der Waals surface area contributed by atoms with Crippen LogP contribution in [0.5, 0.6) is 0 Å². The Morgan fingerprint density at radius 3 is 1.90 bits per heavy atom. The van der Waals surface area contributed by atoms with Gasteiger partial charge in [-0.1, -0.05) is 58.4 Å². The van der Waals surface area contributed by atoms with E-state index in [4.69, 9.17) is 0 Å². The maximum absolute atomic E-state index is 2.49. The molecule has 2 fully saturated rings. The molecule has 4 atom stereocenters. The Morgan fingerprint density at radius 1 is 0.950 bits per heavy atom. The van der Waals surface area contributed by atoms with E-state index in [1.165, 1.54) is 25.7 Å². The molecule has 0 amide bonds. The zero-order valence-electron chi connectivity index (χ0n) is 14.3. The Labute approximate surface area is 125 Å². The summed E-state index contributed by atoms with van der Waals surface area (Å²) in [6, 6.07) is 0. The van der Waals surface area contributed by atoms with Crippen LogP contribution < -0.4 is 0 Å². The molecule has 0 N–H and O–H groups in total. The second-order valence-electron chi connectivity index (χ2n) is 9.63. The molecule has 4 rings (SSSR count). The van der Waals surface area contributed by atoms with Gasteiger partial charge in [0.2, 0.25) is 0 Å². The Bertz CT molecular complexity index is 462. The first-order valence-corrected chi connectivity index (χ1v) is 8.49. The van der Waals surface area contributed by atoms with Crippen molar-refractivity contribution in [2.45, 2.75) is 67.2 Å². The minimum absolute atomic E-state index is 0.564. The third kappa shape index (κ3) is 2.30. The fraction of sp³-hybridized carbons (Fsp3) is 0.800. The summed E-state index contributed by atoms with van der Waals surface area (Å²) < 4.78 is 0. The van der Waals surface area contributed by atoms with E-state index in [-0.39, 0.29) is 0 Å². The molecule has 0 nitrogen and oxygen atoms in total. The highest BCUT2D eigenvalue weighted by Crippen LogP contribution is 2.58. The molecule has 0 heterocycles. The van der Waals surface area contributed by atoms with Crippen molar-refractivity contribution >= 4 is 0 Å². The van der Waals surface area contributed by atoms with Gasteiger partial charge in [0.1, 0.15) is 0 Å². The van der Waals surface area contributed by atoms with Gasteiger partial charge in [-0.3, -0.25) is 0 Å². The van der Waals surface area contributed by atoms with E-state index in [0.717, 1.165) is 17.8 Å². The fourth-order valence-corrected chi connectivity index (χ4v) is 5.42. The van der Waals surface area contributed by atoms with E-state index >= 15 is 0 Å². The van der Waals surface area contributed by atoms with Crippen LogP contribution in [0.15, 0.2) is 23.8 Å². The Hall–Kier alpha value is -0.520. The van der Waals surface area contributed by atoms with Gasteiger partial charge in [0.15, 0.2) is 0 Å². The summed E-state index contributed by atoms with van der Waals surface area (Å²) in [4.78, 5) is 0. The van der Waals surface area contributed by atoms with Gasteiger partial charge in [-0.15, -0.1) is 0 Å². The molecule has 20 heavy (non-hydrogen) atoms. The summed E-state index contributed by atoms with van der Waals surface area (Å²) >= 11 is 0. The second-order valence-corrected chi connectivity index (χ2v) is 9.63. The molecule has 0 spiro atoms. The highest BCUT2D eigenvalue weighted by molar-refractivity contribution is 5.21. The normalized spacial score (nSPS) is 45.3. The van der Waals surface area contributed by atoms with Gasteiger partial charge in [0.05, 0.1) is 0 Å². The maximum Gasteiger partial charge on any atom is -0.0135 e. The minimum Gasteiger partial charge on any atom is -0.0843 e. The number of rotatable bonds is 0. The summed E-state index contributed by atoms with van der Waals surface area (Å²) in [5.41, 5.74) is 3.42. The van der Waals surface area contributed by atoms with Crippen LogP contribution in [0.25, 0.3) is 0 Å². The summed E-state index contributed by atoms with van der Waals surface area (Å²) in [6.45, 7) is 14.3. The summed E-state index contributed by atoms with van der Waals surface area (Å²) in [5.74, 6) is 2.72. The van der Waals surface area contributed by atoms with Gasteiger partial charge < -0.3 is 0 Å². The molecule has 0 aromatic heterocycles. The van der Waals surface area contributed by atoms with Crippen LogP contribution in [0.1, 0.15) is 67.2 Å². The Morgan fingerprint density at radius 2 is 1.65 bits per heavy atom. The first-order valence-electron chi connectivity index (χ1n) is 8.49. The van der Waals surface area contributed by atoms with Crippen LogP contribution in [0.2, 0.25) is 0 Å². The van der Waals surface area contributed by atoms with Crippen molar-refractivity contribution in [3.63, 3.8) is 0 Å². The number of hydrogen-bond acceptors (Lipinski definition) is 0. The second kappa shape index (κ2) is 4.24. The van der Waals surface area contributed by atoms with E-state index in [9.17, 15) is 0 Å². The molecule has 0 aliphatic heterocycles. The number of allylic oxidation sites excluding steroid dienone is 4. The summed E-state index contributed by atoms with van der Waals surface area (Å²) in [5, 5.41) is 0. The number of fused-ring (bicyclic) bond motifs is 4. The Balaban J connectivity index is 0.000000121. The molecule has 4 aliphatic rings. The van der Waals surface area contributed by atoms with Crippen LogP contribution in [-0.2, 0) is 0 Å². The predicted octanol–water partition coefficient (Wildman–Crippen LogP) is 6.00. The van der Waals surface area contributed by atoms with Crippen molar-refractivity contribution in [3.05, 3.63) is 23.8 Å². The monoisotopic (exact) mass is 272 g/mol. The molecule has 4 aliphatic carbocycles. The van der Waals surface area contributed by atoms with Crippen molar-refractivity contribution in [1.29, 1.82) is 0 Å². The lowest BCUT2D eigenvalue weighted by atomic mass is 9.77. The van der Waals surface area contributed by atoms with Gasteiger partial charge in [-0.05, 0) is 66.6 Å². The zero-order valence-corrected chi connectivity index (χ0v) is 14.3. The van der Waals surface area contributed by atoms with E-state index in [1.54, 1.807) is 5.57 Å². The van der Waals surface area contributed by atoms with E-state index in [2.05, 4.69) is 59.8 Å². The van der Waals surface area contributed by atoms with Gasteiger partial charge in [-0.2, -0.15) is 0 Å². The zero-order chi connectivity index (χ0) is 14.8. The smallest absolute Gasteiger partial charge is 0.0135 e. The SMILES string of the molecule is CC12C=CC(C1)C(C)(C)C2.CC1=CC2CC1CC2(C)C. The highest BCUT2D eigenvalue weighted by Gasteiger charge is 2.48. The van der Waals surface area contributed by atoms with Gasteiger partial charge in [0, 0.05) is 0 Å². The van der Waals surface area contributed by atoms with Gasteiger partial charge in [0.25, 0.3) is 0 Å². The molecule has 2 saturated carbocycles. The minimum atomic E-state index is 0.564. The first-order chi connectivity index (χ1) is 9.11. The third-order valence-electron chi connectivity index (χ3n) is 6.70. The lowest BCUT2D eigenvalue weighted by Gasteiger charge is -2.28. The summed E-state index contributed by atoms with van der Waals surface area (Å²) in [6.07, 6.45) is 13.0. The van der Waals surface area contributed by atoms with Gasteiger partial charge >= 0.3 is 0 Å². The molecule has 4 bridgehead atoms. The van der Waals surface area contributed by atoms with E-state index < -0.39 is 0 Å². The van der Waals surface area contributed by atoms with Crippen LogP contribution in [0.4, 0.5) is 0 Å². The highest BCUT2D eigenvalue weighted by atomic mass is 14.5. The fourth-order valence-electron chi connectivity index (χ4n) is 5.42. The van der Waals surface area contributed by atoms with E-state index in [1.807, 2.05) is 0 Å². The lowest BCUT2D eigenvalue weighted by Crippen LogP contribution is -2.18. The molecule has 4 unspecified atom stereocenters. The lowest BCUT2D eigenvalue weighted by molar-refractivity contribution is 0.280. The average Bonchev–Trinajstić information content (AvgIpc) is 2.94. The molecule has 0 aromatic rings. The van der Waals surface area contributed by atoms with Crippen LogP contribution in [0, 0.1) is 34.0 Å². The quantitative estimate of drug-likeness (QED) is 0.475. The largest absolute Gasteiger partial charge is 0.0843 e. The van der Waals surface area contributed by atoms with Crippen molar-refractivity contribution in [2.75, 3.05) is 0 Å². The average molecular weight is 272 g/mol. The van der Waals surface area contributed by atoms with Crippen molar-refractivity contribution in [1.82, 2.24) is 0 Å². The maximum atomic E-state index is 2.49. The molecular formula is C20H32. The molecule has 112 valence electrons. The predicted molar refractivity (Wildman–Crippen MR) is 87.5 cm³/mol. The molecular weight excluding hydrogens is 240 g/mol. The molecule has 0 radical (unpaired) electrons. The third-order valence-corrected chi connectivity index (χ3v) is 6.70. The van der Waals surface area contributed by atoms with Crippen LogP contribution in [-0.4, -0.2) is 0 Å². The van der Waals surface area contributed by atoms with Crippen molar-refractivity contribution in [2.24, 2.45) is 34.0 Å². The topological polar surface area (TPSA) is 0 Å². The van der Waals surface area contributed by atoms with Gasteiger partial charge in [-0.25, -0.2) is 0 Å². The van der Waals surface area contributed by atoms with Crippen molar-refractivity contribution < 1.29 is 0 Å². The standard InChI is InChI=1S/2C10H16/c1-7-4-9-5-8(7)6-10(9,2)3;1-9(2)7-10(3)5-4-8(9)6-10/h4,8-9H,5-6H2,1-3H3;4-5,8H,6-7H2,1-3H3. The Kier molecular flexibility index (Phi) is 3.06. The van der Waals surface area contributed by atoms with Crippen LogP contribution in [0.3, 0.4) is 0 Å². The molecule has 0 saturated heterocycles. The molecule has 0 heteroatoms. The summed E-state index contributed by atoms with van der Waals surface area (Å²) in [7, 11) is 0. The van der Waals surface area contributed by atoms with Crippen molar-refractivity contribution in [3.8, 4) is 0 Å². The number of hydrogen-bond donors (Lipinski definition) is 0. The molecule has 0 aromatic carbocycles. The van der Waals surface area contributed by atoms with E-state index in [0.29, 0.717) is 16.2 Å². The van der Waals surface area contributed by atoms with Crippen LogP contribution >= 0.6 is 0 Å². The first kappa shape index (κ1) is 14.4.